The molecule has 4 heteroatoms. The molecule has 0 aliphatic carbocycles. The van der Waals surface area contributed by atoms with Gasteiger partial charge in [-0.1, -0.05) is 46.6 Å². The largest absolute Gasteiger partial charge is 0.455 e. The first-order chi connectivity index (χ1) is 9.20. The summed E-state index contributed by atoms with van der Waals surface area (Å²) in [6, 6.07) is 13.5. The summed E-state index contributed by atoms with van der Waals surface area (Å²) in [6.45, 7) is 3.72. The highest BCUT2D eigenvalue weighted by molar-refractivity contribution is 9.10. The Hall–Kier alpha value is -1.03. The summed E-state index contributed by atoms with van der Waals surface area (Å²) in [5.74, 6) is 1.49. The normalized spacial score (nSPS) is 10.5. The maximum Gasteiger partial charge on any atom is 0.150 e. The minimum Gasteiger partial charge on any atom is -0.455 e. The molecule has 1 N–H and O–H groups in total. The van der Waals surface area contributed by atoms with Gasteiger partial charge in [-0.15, -0.1) is 0 Å². The van der Waals surface area contributed by atoms with Crippen LogP contribution >= 0.6 is 27.5 Å². The van der Waals surface area contributed by atoms with Gasteiger partial charge in [0.25, 0.3) is 0 Å². The quantitative estimate of drug-likeness (QED) is 0.826. The van der Waals surface area contributed by atoms with Crippen LogP contribution in [0.3, 0.4) is 0 Å². The van der Waals surface area contributed by atoms with Crippen LogP contribution in [0.2, 0.25) is 5.02 Å². The van der Waals surface area contributed by atoms with E-state index in [2.05, 4.69) is 28.2 Å². The summed E-state index contributed by atoms with van der Waals surface area (Å²) < 4.78 is 6.92. The van der Waals surface area contributed by atoms with Crippen LogP contribution in [0.25, 0.3) is 0 Å². The fraction of sp³-hybridized carbons (Fsp3) is 0.200. The predicted molar refractivity (Wildman–Crippen MR) is 83.0 cm³/mol. The van der Waals surface area contributed by atoms with E-state index in [1.165, 1.54) is 0 Å². The Labute approximate surface area is 126 Å². The van der Waals surface area contributed by atoms with Crippen molar-refractivity contribution < 1.29 is 4.74 Å². The van der Waals surface area contributed by atoms with Gasteiger partial charge in [0.1, 0.15) is 11.5 Å². The van der Waals surface area contributed by atoms with E-state index >= 15 is 0 Å². The van der Waals surface area contributed by atoms with Gasteiger partial charge in [-0.25, -0.2) is 0 Å². The molecule has 0 bridgehead atoms. The summed E-state index contributed by atoms with van der Waals surface area (Å²) >= 11 is 9.63. The monoisotopic (exact) mass is 339 g/mol. The maximum atomic E-state index is 6.23. The molecule has 0 atom stereocenters. The topological polar surface area (TPSA) is 21.3 Å². The SMILES string of the molecule is CCNCc1cccc(Cl)c1Oc1ccc(Br)cc1. The van der Waals surface area contributed by atoms with Gasteiger partial charge >= 0.3 is 0 Å². The number of para-hydroxylation sites is 1. The van der Waals surface area contributed by atoms with Crippen LogP contribution in [0, 0.1) is 0 Å². The first-order valence-corrected chi connectivity index (χ1v) is 7.29. The predicted octanol–water partition coefficient (Wildman–Crippen LogP) is 5.00. The zero-order chi connectivity index (χ0) is 13.7. The molecule has 0 saturated heterocycles. The van der Waals surface area contributed by atoms with Crippen LogP contribution in [0.15, 0.2) is 46.9 Å². The smallest absolute Gasteiger partial charge is 0.150 e. The van der Waals surface area contributed by atoms with Crippen molar-refractivity contribution in [1.29, 1.82) is 0 Å². The second-order valence-electron chi connectivity index (χ2n) is 4.06. The van der Waals surface area contributed by atoms with E-state index in [4.69, 9.17) is 16.3 Å². The molecule has 0 unspecified atom stereocenters. The summed E-state index contributed by atoms with van der Waals surface area (Å²) in [5, 5.41) is 3.90. The van der Waals surface area contributed by atoms with Crippen molar-refractivity contribution in [2.45, 2.75) is 13.5 Å². The molecule has 2 rings (SSSR count). The van der Waals surface area contributed by atoms with Crippen LogP contribution in [-0.2, 0) is 6.54 Å². The van der Waals surface area contributed by atoms with Gasteiger partial charge < -0.3 is 10.1 Å². The zero-order valence-corrected chi connectivity index (χ0v) is 13.0. The van der Waals surface area contributed by atoms with Crippen LogP contribution < -0.4 is 10.1 Å². The molecule has 0 radical (unpaired) electrons. The molecule has 2 aromatic rings. The van der Waals surface area contributed by atoms with Crippen LogP contribution in [-0.4, -0.2) is 6.54 Å². The number of nitrogens with one attached hydrogen (secondary N) is 1. The lowest BCUT2D eigenvalue weighted by Gasteiger charge is -2.13. The lowest BCUT2D eigenvalue weighted by Crippen LogP contribution is -2.12. The van der Waals surface area contributed by atoms with E-state index in [9.17, 15) is 0 Å². The lowest BCUT2D eigenvalue weighted by atomic mass is 10.2. The van der Waals surface area contributed by atoms with E-state index in [0.717, 1.165) is 28.9 Å². The number of ether oxygens (including phenoxy) is 1. The minimum absolute atomic E-state index is 0.623. The Balaban J connectivity index is 2.25. The molecule has 19 heavy (non-hydrogen) atoms. The van der Waals surface area contributed by atoms with E-state index in [-0.39, 0.29) is 0 Å². The number of rotatable bonds is 5. The molecule has 0 fully saturated rings. The first-order valence-electron chi connectivity index (χ1n) is 6.12. The molecule has 0 aromatic heterocycles. The second kappa shape index (κ2) is 6.94. The third kappa shape index (κ3) is 3.96. The van der Waals surface area contributed by atoms with E-state index in [1.807, 2.05) is 42.5 Å². The average molecular weight is 341 g/mol. The molecule has 100 valence electrons. The molecular formula is C15H15BrClNO. The van der Waals surface area contributed by atoms with E-state index < -0.39 is 0 Å². The third-order valence-corrected chi connectivity index (χ3v) is 3.47. The van der Waals surface area contributed by atoms with Crippen LogP contribution in [0.5, 0.6) is 11.5 Å². The Morgan fingerprint density at radius 1 is 1.16 bits per heavy atom. The fourth-order valence-electron chi connectivity index (χ4n) is 1.69. The highest BCUT2D eigenvalue weighted by Crippen LogP contribution is 2.33. The number of hydrogen-bond donors (Lipinski definition) is 1. The summed E-state index contributed by atoms with van der Waals surface area (Å²) in [4.78, 5) is 0. The van der Waals surface area contributed by atoms with Crippen molar-refractivity contribution in [1.82, 2.24) is 5.32 Å². The molecule has 0 aliphatic heterocycles. The van der Waals surface area contributed by atoms with Gasteiger partial charge in [-0.2, -0.15) is 0 Å². The van der Waals surface area contributed by atoms with Crippen molar-refractivity contribution in [2.75, 3.05) is 6.54 Å². The number of benzene rings is 2. The minimum atomic E-state index is 0.623. The Kier molecular flexibility index (Phi) is 5.25. The van der Waals surface area contributed by atoms with Gasteiger partial charge in [-0.05, 0) is 36.9 Å². The molecule has 2 aromatic carbocycles. The first kappa shape index (κ1) is 14.4. The van der Waals surface area contributed by atoms with Crippen LogP contribution in [0.4, 0.5) is 0 Å². The van der Waals surface area contributed by atoms with Crippen molar-refractivity contribution in [3.8, 4) is 11.5 Å². The second-order valence-corrected chi connectivity index (χ2v) is 5.39. The maximum absolute atomic E-state index is 6.23. The van der Waals surface area contributed by atoms with Gasteiger partial charge in [0.05, 0.1) is 5.02 Å². The Morgan fingerprint density at radius 2 is 1.89 bits per heavy atom. The molecule has 0 spiro atoms. The highest BCUT2D eigenvalue weighted by atomic mass is 79.9. The standard InChI is InChI=1S/C15H15BrClNO/c1-2-18-10-11-4-3-5-14(17)15(11)19-13-8-6-12(16)7-9-13/h3-9,18H,2,10H2,1H3. The highest BCUT2D eigenvalue weighted by Gasteiger charge is 2.09. The van der Waals surface area contributed by atoms with Crippen molar-refractivity contribution >= 4 is 27.5 Å². The van der Waals surface area contributed by atoms with Crippen LogP contribution in [0.1, 0.15) is 12.5 Å². The van der Waals surface area contributed by atoms with Gasteiger partial charge in [0.15, 0.2) is 0 Å². The Bertz CT molecular complexity index is 542. The van der Waals surface area contributed by atoms with Crippen molar-refractivity contribution in [3.05, 3.63) is 57.5 Å². The lowest BCUT2D eigenvalue weighted by molar-refractivity contribution is 0.473. The Morgan fingerprint density at radius 3 is 2.58 bits per heavy atom. The van der Waals surface area contributed by atoms with Crippen molar-refractivity contribution in [2.24, 2.45) is 0 Å². The van der Waals surface area contributed by atoms with Crippen molar-refractivity contribution in [3.63, 3.8) is 0 Å². The van der Waals surface area contributed by atoms with E-state index in [0.29, 0.717) is 10.8 Å². The van der Waals surface area contributed by atoms with Gasteiger partial charge in [0, 0.05) is 16.6 Å². The zero-order valence-electron chi connectivity index (χ0n) is 10.6. The fourth-order valence-corrected chi connectivity index (χ4v) is 2.18. The molecule has 2 nitrogen and oxygen atoms in total. The molecule has 0 amide bonds. The van der Waals surface area contributed by atoms with Gasteiger partial charge in [0.2, 0.25) is 0 Å². The average Bonchev–Trinajstić information content (AvgIpc) is 2.42. The summed E-state index contributed by atoms with van der Waals surface area (Å²) in [5.41, 5.74) is 1.05. The number of halogens is 2. The molecular weight excluding hydrogens is 326 g/mol. The van der Waals surface area contributed by atoms with E-state index in [1.54, 1.807) is 0 Å². The third-order valence-electron chi connectivity index (χ3n) is 2.65. The summed E-state index contributed by atoms with van der Waals surface area (Å²) in [6.07, 6.45) is 0. The molecule has 0 aliphatic rings. The summed E-state index contributed by atoms with van der Waals surface area (Å²) in [7, 11) is 0. The number of hydrogen-bond acceptors (Lipinski definition) is 2. The van der Waals surface area contributed by atoms with Gasteiger partial charge in [-0.3, -0.25) is 0 Å². The molecule has 0 heterocycles. The molecule has 0 saturated carbocycles.